The minimum absolute atomic E-state index is 0.122. The van der Waals surface area contributed by atoms with Gasteiger partial charge in [-0.15, -0.1) is 0 Å². The number of amides is 2. The van der Waals surface area contributed by atoms with Gasteiger partial charge in [-0.2, -0.15) is 0 Å². The molecule has 3 rings (SSSR count). The number of hydrogen-bond acceptors (Lipinski definition) is 4. The fourth-order valence-corrected chi connectivity index (χ4v) is 3.57. The van der Waals surface area contributed by atoms with E-state index in [1.807, 2.05) is 12.1 Å². The zero-order valence-electron chi connectivity index (χ0n) is 14.6. The van der Waals surface area contributed by atoms with Gasteiger partial charge < -0.3 is 9.47 Å². The van der Waals surface area contributed by atoms with E-state index < -0.39 is 12.0 Å². The van der Waals surface area contributed by atoms with Crippen LogP contribution in [-0.2, 0) is 9.59 Å². The molecule has 6 heteroatoms. The number of ether oxygens (including phenoxy) is 2. The van der Waals surface area contributed by atoms with Crippen molar-refractivity contribution in [2.24, 2.45) is 11.8 Å². The van der Waals surface area contributed by atoms with Gasteiger partial charge in [0.05, 0.1) is 0 Å². The number of carbonyl (C=O) groups is 2. The molecule has 0 radical (unpaired) electrons. The molecule has 2 atom stereocenters. The smallest absolute Gasteiger partial charge is 0.283 e. The lowest BCUT2D eigenvalue weighted by atomic mass is 9.79. The number of fused-ring (bicyclic) bond motifs is 1. The Bertz CT molecular complexity index is 613. The van der Waals surface area contributed by atoms with Crippen LogP contribution in [0.4, 0.5) is 0 Å². The van der Waals surface area contributed by atoms with Gasteiger partial charge in [0.15, 0.2) is 11.5 Å². The number of nitrogens with one attached hydrogen (secondary N) is 2. The van der Waals surface area contributed by atoms with E-state index in [0.717, 1.165) is 0 Å². The Balaban J connectivity index is 1.42. The molecule has 136 valence electrons. The van der Waals surface area contributed by atoms with Crippen molar-refractivity contribution in [3.05, 3.63) is 24.3 Å². The molecule has 0 saturated heterocycles. The van der Waals surface area contributed by atoms with Gasteiger partial charge in [-0.25, -0.2) is 0 Å². The Hall–Kier alpha value is -2.24. The molecule has 0 aromatic heterocycles. The van der Waals surface area contributed by atoms with Crippen molar-refractivity contribution in [1.82, 2.24) is 10.9 Å². The van der Waals surface area contributed by atoms with Gasteiger partial charge in [-0.05, 0) is 24.0 Å². The molecular formula is C19H26N2O4. The Kier molecular flexibility index (Phi) is 5.79. The number of carbonyl (C=O) groups excluding carboxylic acids is 2. The lowest BCUT2D eigenvalue weighted by Crippen LogP contribution is -2.51. The van der Waals surface area contributed by atoms with Gasteiger partial charge in [0, 0.05) is 6.42 Å². The van der Waals surface area contributed by atoms with Crippen LogP contribution in [0.1, 0.15) is 45.4 Å². The molecule has 6 nitrogen and oxygen atoms in total. The fourth-order valence-electron chi connectivity index (χ4n) is 3.57. The molecule has 1 aromatic rings. The average molecular weight is 346 g/mol. The molecule has 1 fully saturated rings. The molecule has 2 amide bonds. The summed E-state index contributed by atoms with van der Waals surface area (Å²) in [5.41, 5.74) is 4.95. The zero-order chi connectivity index (χ0) is 17.6. The van der Waals surface area contributed by atoms with Crippen molar-refractivity contribution in [3.63, 3.8) is 0 Å². The Morgan fingerprint density at radius 2 is 1.84 bits per heavy atom. The van der Waals surface area contributed by atoms with Crippen LogP contribution < -0.4 is 20.3 Å². The summed E-state index contributed by atoms with van der Waals surface area (Å²) in [6.07, 6.45) is 5.88. The van der Waals surface area contributed by atoms with Crippen molar-refractivity contribution < 1.29 is 19.1 Å². The van der Waals surface area contributed by atoms with Crippen molar-refractivity contribution >= 4 is 11.8 Å². The van der Waals surface area contributed by atoms with Gasteiger partial charge in [0.2, 0.25) is 12.0 Å². The van der Waals surface area contributed by atoms with Crippen molar-refractivity contribution in [2.75, 3.05) is 6.61 Å². The molecule has 1 heterocycles. The summed E-state index contributed by atoms with van der Waals surface area (Å²) in [7, 11) is 0. The first-order valence-corrected chi connectivity index (χ1v) is 9.10. The van der Waals surface area contributed by atoms with Gasteiger partial charge in [0.25, 0.3) is 5.91 Å². The third-order valence-electron chi connectivity index (χ3n) is 5.09. The third kappa shape index (κ3) is 4.65. The van der Waals surface area contributed by atoms with Crippen LogP contribution in [0.3, 0.4) is 0 Å². The van der Waals surface area contributed by atoms with Gasteiger partial charge in [-0.3, -0.25) is 20.4 Å². The highest BCUT2D eigenvalue weighted by atomic mass is 16.6. The first kappa shape index (κ1) is 17.6. The largest absolute Gasteiger partial charge is 0.485 e. The SMILES string of the molecule is CC(CC(=O)NNC(=O)C1COc2ccccc2O1)C1CCCCC1. The minimum Gasteiger partial charge on any atom is -0.485 e. The standard InChI is InChI=1S/C19H26N2O4/c1-13(14-7-3-2-4-8-14)11-18(22)20-21-19(23)17-12-24-15-9-5-6-10-16(15)25-17/h5-6,9-10,13-14,17H,2-4,7-8,11-12H2,1H3,(H,20,22)(H,21,23). The van der Waals surface area contributed by atoms with Crippen LogP contribution in [-0.4, -0.2) is 24.5 Å². The van der Waals surface area contributed by atoms with Crippen LogP contribution in [0.15, 0.2) is 24.3 Å². The summed E-state index contributed by atoms with van der Waals surface area (Å²) in [4.78, 5) is 24.3. The van der Waals surface area contributed by atoms with E-state index in [4.69, 9.17) is 9.47 Å². The van der Waals surface area contributed by atoms with Crippen LogP contribution in [0, 0.1) is 11.8 Å². The van der Waals surface area contributed by atoms with E-state index in [1.54, 1.807) is 12.1 Å². The number of para-hydroxylation sites is 2. The van der Waals surface area contributed by atoms with E-state index >= 15 is 0 Å². The van der Waals surface area contributed by atoms with E-state index in [2.05, 4.69) is 17.8 Å². The molecule has 2 N–H and O–H groups in total. The summed E-state index contributed by atoms with van der Waals surface area (Å²) >= 11 is 0. The summed E-state index contributed by atoms with van der Waals surface area (Å²) in [6, 6.07) is 7.20. The predicted molar refractivity (Wildman–Crippen MR) is 93.0 cm³/mol. The van der Waals surface area contributed by atoms with Gasteiger partial charge in [-0.1, -0.05) is 51.2 Å². The van der Waals surface area contributed by atoms with Gasteiger partial charge >= 0.3 is 0 Å². The van der Waals surface area contributed by atoms with Crippen LogP contribution in [0.2, 0.25) is 0 Å². The Labute approximate surface area is 148 Å². The minimum atomic E-state index is -0.772. The quantitative estimate of drug-likeness (QED) is 0.822. The maximum absolute atomic E-state index is 12.2. The lowest BCUT2D eigenvalue weighted by molar-refractivity contribution is -0.135. The molecule has 2 aliphatic rings. The van der Waals surface area contributed by atoms with Crippen LogP contribution in [0.5, 0.6) is 11.5 Å². The van der Waals surface area contributed by atoms with E-state index in [0.29, 0.717) is 29.8 Å². The van der Waals surface area contributed by atoms with Crippen molar-refractivity contribution in [1.29, 1.82) is 0 Å². The summed E-state index contributed by atoms with van der Waals surface area (Å²) < 4.78 is 11.1. The maximum atomic E-state index is 12.2. The fraction of sp³-hybridized carbons (Fsp3) is 0.579. The highest BCUT2D eigenvalue weighted by molar-refractivity contribution is 5.85. The second-order valence-corrected chi connectivity index (χ2v) is 6.98. The number of hydrogen-bond donors (Lipinski definition) is 2. The zero-order valence-corrected chi connectivity index (χ0v) is 14.6. The number of benzene rings is 1. The molecule has 1 saturated carbocycles. The normalized spacial score (nSPS) is 21.2. The maximum Gasteiger partial charge on any atom is 0.283 e. The van der Waals surface area contributed by atoms with Crippen molar-refractivity contribution in [2.45, 2.75) is 51.6 Å². The highest BCUT2D eigenvalue weighted by Gasteiger charge is 2.28. The molecule has 25 heavy (non-hydrogen) atoms. The van der Waals surface area contributed by atoms with Crippen LogP contribution in [0.25, 0.3) is 0 Å². The lowest BCUT2D eigenvalue weighted by Gasteiger charge is -2.27. The second-order valence-electron chi connectivity index (χ2n) is 6.98. The molecule has 1 aliphatic heterocycles. The third-order valence-corrected chi connectivity index (χ3v) is 5.09. The predicted octanol–water partition coefficient (Wildman–Crippen LogP) is 2.58. The Morgan fingerprint density at radius 1 is 1.12 bits per heavy atom. The van der Waals surface area contributed by atoms with Gasteiger partial charge in [0.1, 0.15) is 6.61 Å². The number of rotatable bonds is 4. The molecule has 2 unspecified atom stereocenters. The molecular weight excluding hydrogens is 320 g/mol. The molecule has 1 aliphatic carbocycles. The summed E-state index contributed by atoms with van der Waals surface area (Å²) in [6.45, 7) is 2.24. The Morgan fingerprint density at radius 3 is 2.60 bits per heavy atom. The monoisotopic (exact) mass is 346 g/mol. The second kappa shape index (κ2) is 8.23. The van der Waals surface area contributed by atoms with Crippen molar-refractivity contribution in [3.8, 4) is 11.5 Å². The molecule has 1 aromatic carbocycles. The highest BCUT2D eigenvalue weighted by Crippen LogP contribution is 2.32. The van der Waals surface area contributed by atoms with Crippen LogP contribution >= 0.6 is 0 Å². The van der Waals surface area contributed by atoms with E-state index in [9.17, 15) is 9.59 Å². The van der Waals surface area contributed by atoms with E-state index in [-0.39, 0.29) is 12.5 Å². The first-order chi connectivity index (χ1) is 12.1. The molecule has 0 bridgehead atoms. The summed E-state index contributed by atoms with van der Waals surface area (Å²) in [5.74, 6) is 1.53. The van der Waals surface area contributed by atoms with E-state index in [1.165, 1.54) is 32.1 Å². The first-order valence-electron chi connectivity index (χ1n) is 9.10. The summed E-state index contributed by atoms with van der Waals surface area (Å²) in [5, 5.41) is 0. The topological polar surface area (TPSA) is 76.7 Å². The number of hydrazine groups is 1. The average Bonchev–Trinajstić information content (AvgIpc) is 2.66. The molecule has 0 spiro atoms.